The first-order chi connectivity index (χ1) is 13.1. The number of anilines is 2. The minimum absolute atomic E-state index is 0.0136. The first-order valence-electron chi connectivity index (χ1n) is 7.98. The van der Waals surface area contributed by atoms with Crippen molar-refractivity contribution in [3.05, 3.63) is 62.0 Å². The Balaban J connectivity index is 1.68. The second-order valence-electron chi connectivity index (χ2n) is 5.61. The number of Topliss-reactive ketones (excluding diaryl/α,β-unsaturated/α-hetero) is 2. The SMILES string of the molecule is O=C1CN(C(=O)CNc2nccs2)c2ccccc2C(=O)C1=C1SC=CS1. The Morgan fingerprint density at radius 1 is 1.19 bits per heavy atom. The molecule has 0 aliphatic carbocycles. The van der Waals surface area contributed by atoms with Crippen LogP contribution in [0.4, 0.5) is 10.8 Å². The lowest BCUT2D eigenvalue weighted by Gasteiger charge is -2.21. The standard InChI is InChI=1S/C18H13N3O3S3/c22-13-10-21(14(23)9-20-18-19-5-6-27-18)12-4-2-1-3-11(12)16(24)15(13)17-25-7-8-26-17/h1-8H,9-10H2,(H,19,20). The molecule has 1 N–H and O–H groups in total. The van der Waals surface area contributed by atoms with Gasteiger partial charge in [0.05, 0.1) is 28.6 Å². The molecule has 6 nitrogen and oxygen atoms in total. The van der Waals surface area contributed by atoms with Crippen LogP contribution in [0.3, 0.4) is 0 Å². The van der Waals surface area contributed by atoms with Crippen molar-refractivity contribution in [1.82, 2.24) is 4.98 Å². The molecule has 2 aromatic rings. The van der Waals surface area contributed by atoms with Crippen LogP contribution in [0.1, 0.15) is 10.4 Å². The molecule has 1 aromatic carbocycles. The molecule has 27 heavy (non-hydrogen) atoms. The zero-order valence-corrected chi connectivity index (χ0v) is 16.3. The van der Waals surface area contributed by atoms with Crippen LogP contribution in [-0.2, 0) is 9.59 Å². The van der Waals surface area contributed by atoms with Crippen molar-refractivity contribution in [2.24, 2.45) is 0 Å². The molecule has 0 saturated carbocycles. The van der Waals surface area contributed by atoms with Crippen molar-refractivity contribution in [2.45, 2.75) is 0 Å². The summed E-state index contributed by atoms with van der Waals surface area (Å²) in [5.41, 5.74) is 0.977. The number of rotatable bonds is 3. The van der Waals surface area contributed by atoms with E-state index in [-0.39, 0.29) is 36.1 Å². The number of ketones is 2. The van der Waals surface area contributed by atoms with Crippen LogP contribution < -0.4 is 10.2 Å². The van der Waals surface area contributed by atoms with Gasteiger partial charge in [-0.15, -0.1) is 11.3 Å². The van der Waals surface area contributed by atoms with Crippen molar-refractivity contribution in [2.75, 3.05) is 23.3 Å². The third kappa shape index (κ3) is 3.58. The normalized spacial score (nSPS) is 16.5. The predicted molar refractivity (Wildman–Crippen MR) is 110 cm³/mol. The van der Waals surface area contributed by atoms with E-state index in [1.807, 2.05) is 10.8 Å². The smallest absolute Gasteiger partial charge is 0.246 e. The van der Waals surface area contributed by atoms with E-state index in [9.17, 15) is 14.4 Å². The highest BCUT2D eigenvalue weighted by Gasteiger charge is 2.35. The maximum Gasteiger partial charge on any atom is 0.246 e. The third-order valence-electron chi connectivity index (χ3n) is 3.98. The molecule has 0 unspecified atom stereocenters. The number of aromatic nitrogens is 1. The van der Waals surface area contributed by atoms with E-state index in [4.69, 9.17) is 0 Å². The monoisotopic (exact) mass is 415 g/mol. The molecule has 136 valence electrons. The largest absolute Gasteiger partial charge is 0.352 e. The van der Waals surface area contributed by atoms with Gasteiger partial charge in [0.25, 0.3) is 0 Å². The lowest BCUT2D eigenvalue weighted by Crippen LogP contribution is -2.39. The first-order valence-corrected chi connectivity index (χ1v) is 10.6. The molecule has 2 aliphatic heterocycles. The minimum atomic E-state index is -0.350. The van der Waals surface area contributed by atoms with E-state index in [1.54, 1.807) is 35.8 Å². The van der Waals surface area contributed by atoms with Crippen molar-refractivity contribution in [3.63, 3.8) is 0 Å². The molecule has 0 bridgehead atoms. The number of carbonyl (C=O) groups is 3. The molecule has 2 aliphatic rings. The Bertz CT molecular complexity index is 973. The lowest BCUT2D eigenvalue weighted by molar-refractivity contribution is -0.120. The third-order valence-corrected chi connectivity index (χ3v) is 6.84. The molecular weight excluding hydrogens is 402 g/mol. The van der Waals surface area contributed by atoms with Gasteiger partial charge in [-0.05, 0) is 22.9 Å². The Morgan fingerprint density at radius 2 is 1.96 bits per heavy atom. The fourth-order valence-electron chi connectivity index (χ4n) is 2.78. The van der Waals surface area contributed by atoms with Crippen molar-refractivity contribution >= 4 is 63.2 Å². The predicted octanol–water partition coefficient (Wildman–Crippen LogP) is 3.52. The summed E-state index contributed by atoms with van der Waals surface area (Å²) in [6.07, 6.45) is 1.64. The van der Waals surface area contributed by atoms with E-state index in [2.05, 4.69) is 10.3 Å². The quantitative estimate of drug-likeness (QED) is 0.607. The molecule has 3 heterocycles. The molecule has 0 atom stereocenters. The Morgan fingerprint density at radius 3 is 2.70 bits per heavy atom. The number of fused-ring (bicyclic) bond motifs is 1. The first kappa shape index (κ1) is 18.0. The molecule has 0 radical (unpaired) electrons. The molecular formula is C18H13N3O3S3. The summed E-state index contributed by atoms with van der Waals surface area (Å²) in [6.45, 7) is -0.179. The zero-order chi connectivity index (χ0) is 18.8. The van der Waals surface area contributed by atoms with Crippen LogP contribution in [0.5, 0.6) is 0 Å². The van der Waals surface area contributed by atoms with Gasteiger partial charge in [-0.3, -0.25) is 14.4 Å². The van der Waals surface area contributed by atoms with Gasteiger partial charge in [-0.25, -0.2) is 4.98 Å². The highest BCUT2D eigenvalue weighted by atomic mass is 32.2. The average molecular weight is 416 g/mol. The lowest BCUT2D eigenvalue weighted by atomic mass is 10.0. The highest BCUT2D eigenvalue weighted by Crippen LogP contribution is 2.42. The molecule has 4 rings (SSSR count). The van der Waals surface area contributed by atoms with Crippen LogP contribution >= 0.6 is 34.9 Å². The summed E-state index contributed by atoms with van der Waals surface area (Å²) in [4.78, 5) is 44.2. The number of nitrogens with one attached hydrogen (secondary N) is 1. The highest BCUT2D eigenvalue weighted by molar-refractivity contribution is 8.27. The minimum Gasteiger partial charge on any atom is -0.352 e. The molecule has 9 heteroatoms. The molecule has 0 spiro atoms. The zero-order valence-electron chi connectivity index (χ0n) is 13.9. The van der Waals surface area contributed by atoms with Crippen molar-refractivity contribution in [3.8, 4) is 0 Å². The molecule has 0 fully saturated rings. The van der Waals surface area contributed by atoms with E-state index in [0.29, 0.717) is 20.6 Å². The van der Waals surface area contributed by atoms with Crippen LogP contribution in [0, 0.1) is 0 Å². The van der Waals surface area contributed by atoms with Crippen LogP contribution in [0.25, 0.3) is 0 Å². The van der Waals surface area contributed by atoms with Gasteiger partial charge in [0.2, 0.25) is 5.91 Å². The average Bonchev–Trinajstić information content (AvgIpc) is 3.37. The molecule has 1 amide bonds. The number of thiazole rings is 1. The molecule has 0 saturated heterocycles. The number of benzene rings is 1. The van der Waals surface area contributed by atoms with Gasteiger partial charge in [-0.2, -0.15) is 0 Å². The summed E-state index contributed by atoms with van der Waals surface area (Å²) in [5.74, 6) is -0.982. The Kier molecular flexibility index (Phi) is 5.15. The maximum atomic E-state index is 13.1. The number of nitrogens with zero attached hydrogens (tertiary/aromatic N) is 2. The van der Waals surface area contributed by atoms with Gasteiger partial charge >= 0.3 is 0 Å². The topological polar surface area (TPSA) is 79.4 Å². The number of para-hydroxylation sites is 1. The van der Waals surface area contributed by atoms with Crippen LogP contribution in [0.15, 0.2) is 56.5 Å². The Hall–Kier alpha value is -2.36. The number of thioether (sulfide) groups is 2. The number of hydrogen-bond acceptors (Lipinski definition) is 8. The van der Waals surface area contributed by atoms with E-state index >= 15 is 0 Å². The summed E-state index contributed by atoms with van der Waals surface area (Å²) < 4.78 is 0.662. The summed E-state index contributed by atoms with van der Waals surface area (Å²) in [5, 5.41) is 9.06. The van der Waals surface area contributed by atoms with Crippen molar-refractivity contribution in [1.29, 1.82) is 0 Å². The van der Waals surface area contributed by atoms with E-state index in [1.165, 1.54) is 39.8 Å². The fraction of sp³-hybridized carbons (Fsp3) is 0.111. The Labute approximate surface area is 167 Å². The maximum absolute atomic E-state index is 13.1. The summed E-state index contributed by atoms with van der Waals surface area (Å²) in [6, 6.07) is 6.84. The summed E-state index contributed by atoms with van der Waals surface area (Å²) >= 11 is 4.10. The van der Waals surface area contributed by atoms with Crippen LogP contribution in [-0.4, -0.2) is 35.5 Å². The fourth-order valence-corrected chi connectivity index (χ4v) is 5.21. The van der Waals surface area contributed by atoms with E-state index in [0.717, 1.165) is 0 Å². The summed E-state index contributed by atoms with van der Waals surface area (Å²) in [7, 11) is 0. The van der Waals surface area contributed by atoms with Gasteiger partial charge in [0, 0.05) is 17.1 Å². The van der Waals surface area contributed by atoms with Crippen molar-refractivity contribution < 1.29 is 14.4 Å². The molecule has 1 aromatic heterocycles. The number of carbonyl (C=O) groups excluding carboxylic acids is 3. The van der Waals surface area contributed by atoms with Crippen LogP contribution in [0.2, 0.25) is 0 Å². The van der Waals surface area contributed by atoms with E-state index < -0.39 is 0 Å². The second kappa shape index (κ2) is 7.71. The van der Waals surface area contributed by atoms with Gasteiger partial charge in [0.15, 0.2) is 16.7 Å². The van der Waals surface area contributed by atoms with Gasteiger partial charge in [0.1, 0.15) is 0 Å². The number of hydrogen-bond donors (Lipinski definition) is 1. The van der Waals surface area contributed by atoms with Gasteiger partial charge in [-0.1, -0.05) is 35.7 Å². The number of amides is 1. The second-order valence-corrected chi connectivity index (χ2v) is 8.60. The van der Waals surface area contributed by atoms with Gasteiger partial charge < -0.3 is 10.2 Å².